The molecule has 0 N–H and O–H groups in total. The van der Waals surface area contributed by atoms with E-state index in [0.717, 1.165) is 122 Å². The fraction of sp³-hybridized carbons (Fsp3) is 0. The Morgan fingerprint density at radius 2 is 0.776 bits per heavy atom. The Bertz CT molecular complexity index is 3890. The van der Waals surface area contributed by atoms with Gasteiger partial charge in [-0.15, -0.1) is 0 Å². The summed E-state index contributed by atoms with van der Waals surface area (Å²) in [4.78, 5) is 2.35. The van der Waals surface area contributed by atoms with Gasteiger partial charge in [0, 0.05) is 49.9 Å². The van der Waals surface area contributed by atoms with Crippen LogP contribution in [0.1, 0.15) is 0 Å². The van der Waals surface area contributed by atoms with Crippen molar-refractivity contribution < 1.29 is 8.83 Å². The van der Waals surface area contributed by atoms with E-state index in [0.29, 0.717) is 0 Å². The number of para-hydroxylation sites is 2. The van der Waals surface area contributed by atoms with Crippen molar-refractivity contribution in [2.75, 3.05) is 4.90 Å². The minimum absolute atomic E-state index is 0.823. The van der Waals surface area contributed by atoms with Crippen molar-refractivity contribution in [3.05, 3.63) is 249 Å². The van der Waals surface area contributed by atoms with Gasteiger partial charge in [-0.2, -0.15) is 0 Å². The van der Waals surface area contributed by atoms with Gasteiger partial charge in [0.1, 0.15) is 22.3 Å². The molecule has 314 valence electrons. The van der Waals surface area contributed by atoms with Crippen molar-refractivity contribution >= 4 is 71.7 Å². The van der Waals surface area contributed by atoms with E-state index >= 15 is 0 Å². The van der Waals surface area contributed by atoms with Crippen LogP contribution in [0, 0.1) is 0 Å². The summed E-state index contributed by atoms with van der Waals surface area (Å²) in [5.41, 5.74) is 17.8. The van der Waals surface area contributed by atoms with Gasteiger partial charge in [0.2, 0.25) is 0 Å². The molecule has 3 nitrogen and oxygen atoms in total. The number of hydrogen-bond donors (Lipinski definition) is 0. The lowest BCUT2D eigenvalue weighted by Gasteiger charge is -2.27. The maximum Gasteiger partial charge on any atom is 0.143 e. The molecule has 0 radical (unpaired) electrons. The largest absolute Gasteiger partial charge is 0.455 e. The molecule has 0 spiro atoms. The number of anilines is 3. The topological polar surface area (TPSA) is 29.5 Å². The van der Waals surface area contributed by atoms with Gasteiger partial charge < -0.3 is 13.7 Å². The van der Waals surface area contributed by atoms with Gasteiger partial charge in [-0.25, -0.2) is 0 Å². The summed E-state index contributed by atoms with van der Waals surface area (Å²) in [5, 5.41) is 6.65. The van der Waals surface area contributed by atoms with Crippen molar-refractivity contribution in [2.45, 2.75) is 0 Å². The van der Waals surface area contributed by atoms with E-state index < -0.39 is 0 Å². The summed E-state index contributed by atoms with van der Waals surface area (Å²) >= 11 is 0. The number of rotatable bonds is 8. The lowest BCUT2D eigenvalue weighted by molar-refractivity contribution is 0.670. The van der Waals surface area contributed by atoms with Crippen molar-refractivity contribution in [1.82, 2.24) is 0 Å². The first-order chi connectivity index (χ1) is 33.2. The van der Waals surface area contributed by atoms with Gasteiger partial charge in [-0.05, 0) is 116 Å². The Balaban J connectivity index is 1.05. The second kappa shape index (κ2) is 16.0. The maximum absolute atomic E-state index is 7.10. The molecule has 0 amide bonds. The standard InChI is InChI=1S/C64H41NO2/c1-4-15-42(16-5-1)45-27-32-51(33-28-45)65(52-34-29-47(30-35-52)55-24-14-25-57-56-23-12-13-26-60(56)66-63(55)57)53-40-59(62-58-36-31-46-21-10-11-22-54(46)64(58)67-61(62)41-53)50-38-48(43-17-6-2-7-18-43)37-49(39-50)44-19-8-3-9-20-44/h1-41H. The van der Waals surface area contributed by atoms with Crippen LogP contribution in [0.5, 0.6) is 0 Å². The highest BCUT2D eigenvalue weighted by Crippen LogP contribution is 2.47. The number of fused-ring (bicyclic) bond motifs is 8. The third kappa shape index (κ3) is 6.76. The Kier molecular flexibility index (Phi) is 9.17. The predicted molar refractivity (Wildman–Crippen MR) is 280 cm³/mol. The molecule has 0 atom stereocenters. The second-order valence-corrected chi connectivity index (χ2v) is 17.2. The lowest BCUT2D eigenvalue weighted by Crippen LogP contribution is -2.10. The summed E-state index contributed by atoms with van der Waals surface area (Å²) in [7, 11) is 0. The molecule has 0 aliphatic carbocycles. The Labute approximate surface area is 388 Å². The van der Waals surface area contributed by atoms with Gasteiger partial charge in [0.05, 0.1) is 5.69 Å². The zero-order valence-electron chi connectivity index (χ0n) is 36.4. The molecule has 0 bridgehead atoms. The third-order valence-corrected chi connectivity index (χ3v) is 13.2. The van der Waals surface area contributed by atoms with Crippen LogP contribution in [-0.2, 0) is 0 Å². The summed E-state index contributed by atoms with van der Waals surface area (Å²) in [6.45, 7) is 0. The van der Waals surface area contributed by atoms with Crippen molar-refractivity contribution in [3.8, 4) is 55.6 Å². The molecule has 0 unspecified atom stereocenters. The van der Waals surface area contributed by atoms with Crippen LogP contribution >= 0.6 is 0 Å². The molecule has 2 aromatic heterocycles. The predicted octanol–water partition coefficient (Wildman–Crippen LogP) is 18.4. The van der Waals surface area contributed by atoms with Crippen molar-refractivity contribution in [2.24, 2.45) is 0 Å². The first kappa shape index (κ1) is 38.5. The summed E-state index contributed by atoms with van der Waals surface area (Å²) in [5.74, 6) is 0. The van der Waals surface area contributed by atoms with Crippen molar-refractivity contribution in [3.63, 3.8) is 0 Å². The van der Waals surface area contributed by atoms with E-state index in [1.165, 1.54) is 5.56 Å². The van der Waals surface area contributed by atoms with E-state index in [9.17, 15) is 0 Å². The molecule has 0 saturated carbocycles. The number of furan rings is 2. The zero-order chi connectivity index (χ0) is 44.3. The van der Waals surface area contributed by atoms with E-state index in [1.54, 1.807) is 0 Å². The minimum Gasteiger partial charge on any atom is -0.455 e. The SMILES string of the molecule is c1ccc(-c2ccc(N(c3ccc(-c4cccc5c4oc4ccccc45)cc3)c3cc(-c4cc(-c5ccccc5)cc(-c5ccccc5)c4)c4c(c3)oc3c5ccccc5ccc34)cc2)cc1. The number of nitrogens with zero attached hydrogens (tertiary/aromatic N) is 1. The second-order valence-electron chi connectivity index (χ2n) is 17.2. The molecule has 0 saturated heterocycles. The molecule has 3 heteroatoms. The zero-order valence-corrected chi connectivity index (χ0v) is 36.4. The van der Waals surface area contributed by atoms with Gasteiger partial charge >= 0.3 is 0 Å². The molecule has 13 aromatic rings. The number of benzene rings is 11. The van der Waals surface area contributed by atoms with E-state index in [4.69, 9.17) is 8.83 Å². The molecular weight excluding hydrogens is 815 g/mol. The average Bonchev–Trinajstić information content (AvgIpc) is 3.99. The Morgan fingerprint density at radius 3 is 1.45 bits per heavy atom. The third-order valence-electron chi connectivity index (χ3n) is 13.2. The highest BCUT2D eigenvalue weighted by atomic mass is 16.3. The van der Waals surface area contributed by atoms with Crippen LogP contribution in [0.2, 0.25) is 0 Å². The molecule has 2 heterocycles. The van der Waals surface area contributed by atoms with Crippen molar-refractivity contribution in [1.29, 1.82) is 0 Å². The molecular formula is C64H41NO2. The summed E-state index contributed by atoms with van der Waals surface area (Å²) < 4.78 is 13.6. The molecule has 13 rings (SSSR count). The summed E-state index contributed by atoms with van der Waals surface area (Å²) in [6.07, 6.45) is 0. The lowest BCUT2D eigenvalue weighted by atomic mass is 9.91. The van der Waals surface area contributed by atoms with Crippen LogP contribution in [-0.4, -0.2) is 0 Å². The van der Waals surface area contributed by atoms with Crippen LogP contribution in [0.15, 0.2) is 258 Å². The molecule has 67 heavy (non-hydrogen) atoms. The van der Waals surface area contributed by atoms with Gasteiger partial charge in [-0.1, -0.05) is 182 Å². The molecule has 11 aromatic carbocycles. The highest BCUT2D eigenvalue weighted by Gasteiger charge is 2.22. The number of hydrogen-bond acceptors (Lipinski definition) is 3. The Hall–Kier alpha value is -8.92. The monoisotopic (exact) mass is 855 g/mol. The smallest absolute Gasteiger partial charge is 0.143 e. The van der Waals surface area contributed by atoms with E-state index in [-0.39, 0.29) is 0 Å². The highest BCUT2D eigenvalue weighted by molar-refractivity contribution is 6.20. The molecule has 0 aliphatic rings. The Morgan fingerprint density at radius 1 is 0.254 bits per heavy atom. The molecule has 0 aliphatic heterocycles. The van der Waals surface area contributed by atoms with Crippen LogP contribution < -0.4 is 4.90 Å². The van der Waals surface area contributed by atoms with Crippen LogP contribution in [0.4, 0.5) is 17.1 Å². The van der Waals surface area contributed by atoms with E-state index in [2.05, 4.69) is 241 Å². The van der Waals surface area contributed by atoms with Gasteiger partial charge in [0.25, 0.3) is 0 Å². The average molecular weight is 856 g/mol. The van der Waals surface area contributed by atoms with Crippen LogP contribution in [0.25, 0.3) is 110 Å². The first-order valence-corrected chi connectivity index (χ1v) is 22.8. The van der Waals surface area contributed by atoms with E-state index in [1.807, 2.05) is 12.1 Å². The molecule has 0 fully saturated rings. The fourth-order valence-corrected chi connectivity index (χ4v) is 10.00. The minimum atomic E-state index is 0.823. The van der Waals surface area contributed by atoms with Gasteiger partial charge in [-0.3, -0.25) is 0 Å². The quantitative estimate of drug-likeness (QED) is 0.152. The normalized spacial score (nSPS) is 11.6. The maximum atomic E-state index is 7.10. The van der Waals surface area contributed by atoms with Crippen LogP contribution in [0.3, 0.4) is 0 Å². The van der Waals surface area contributed by atoms with Gasteiger partial charge in [0.15, 0.2) is 0 Å². The fourth-order valence-electron chi connectivity index (χ4n) is 10.00. The summed E-state index contributed by atoms with van der Waals surface area (Å²) in [6, 6.07) is 88.9. The first-order valence-electron chi connectivity index (χ1n) is 22.8.